The molecule has 29 heavy (non-hydrogen) atoms. The first-order chi connectivity index (χ1) is 14.0. The first-order valence-electron chi connectivity index (χ1n) is 10.0. The fourth-order valence-electron chi connectivity index (χ4n) is 3.59. The second-order valence-electron chi connectivity index (χ2n) is 7.84. The predicted molar refractivity (Wildman–Crippen MR) is 103 cm³/mol. The molecule has 4 rings (SSSR count). The molecule has 1 aromatic heterocycles. The highest BCUT2D eigenvalue weighted by molar-refractivity contribution is 5.30. The summed E-state index contributed by atoms with van der Waals surface area (Å²) in [5, 5.41) is 3.31. The van der Waals surface area contributed by atoms with E-state index in [1.165, 1.54) is 17.7 Å². The van der Waals surface area contributed by atoms with Crippen molar-refractivity contribution in [2.45, 2.75) is 44.0 Å². The number of nitrogens with one attached hydrogen (secondary N) is 1. The van der Waals surface area contributed by atoms with Crippen LogP contribution >= 0.6 is 0 Å². The Hall–Kier alpha value is -2.12. The summed E-state index contributed by atoms with van der Waals surface area (Å²) < 4.78 is 49.2. The highest BCUT2D eigenvalue weighted by Gasteiger charge is 2.38. The molecule has 3 atom stereocenters. The summed E-state index contributed by atoms with van der Waals surface area (Å²) in [6, 6.07) is 7.67. The quantitative estimate of drug-likeness (QED) is 0.621. The molecule has 4 nitrogen and oxygen atoms in total. The Morgan fingerprint density at radius 2 is 1.93 bits per heavy atom. The number of nitrogens with zero attached hydrogens (tertiary/aromatic N) is 1. The highest BCUT2D eigenvalue weighted by Crippen LogP contribution is 2.49. The molecule has 156 valence electrons. The molecule has 1 aliphatic heterocycles. The molecule has 1 aromatic carbocycles. The van der Waals surface area contributed by atoms with Gasteiger partial charge in [-0.15, -0.1) is 0 Å². The first kappa shape index (κ1) is 20.2. The summed E-state index contributed by atoms with van der Waals surface area (Å²) in [6.45, 7) is 2.67. The van der Waals surface area contributed by atoms with Gasteiger partial charge in [0.1, 0.15) is 12.4 Å². The normalized spacial score (nSPS) is 23.5. The van der Waals surface area contributed by atoms with Crippen LogP contribution in [-0.4, -0.2) is 30.8 Å². The molecule has 2 heterocycles. The Morgan fingerprint density at radius 3 is 2.62 bits per heavy atom. The standard InChI is InChI=1S/C22H25F3N2O2/c23-22(24,25)18-3-1-15(2-4-18)13-28-8-6-16-10-21(16)17-9-20(12-26-11-17)29-14-19-5-7-27-19/h1-4,9,11-12,16,19,21,27H,5-8,10,13-14H2/t16-,19-,21-/m0/s1. The Labute approximate surface area is 168 Å². The van der Waals surface area contributed by atoms with Gasteiger partial charge in [0.15, 0.2) is 0 Å². The topological polar surface area (TPSA) is 43.4 Å². The summed E-state index contributed by atoms with van der Waals surface area (Å²) >= 11 is 0. The molecule has 1 aliphatic carbocycles. The lowest BCUT2D eigenvalue weighted by molar-refractivity contribution is -0.137. The first-order valence-corrected chi connectivity index (χ1v) is 10.0. The smallest absolute Gasteiger partial charge is 0.416 e. The summed E-state index contributed by atoms with van der Waals surface area (Å²) in [5.74, 6) is 1.87. The number of aromatic nitrogens is 1. The van der Waals surface area contributed by atoms with Crippen LogP contribution in [0, 0.1) is 5.92 Å². The third-order valence-electron chi connectivity index (χ3n) is 5.65. The van der Waals surface area contributed by atoms with Gasteiger partial charge in [-0.1, -0.05) is 12.1 Å². The summed E-state index contributed by atoms with van der Waals surface area (Å²) in [4.78, 5) is 4.31. The van der Waals surface area contributed by atoms with Crippen molar-refractivity contribution in [1.29, 1.82) is 0 Å². The Balaban J connectivity index is 1.17. The van der Waals surface area contributed by atoms with Gasteiger partial charge in [0, 0.05) is 18.8 Å². The minimum atomic E-state index is -4.30. The lowest BCUT2D eigenvalue weighted by atomic mass is 10.1. The van der Waals surface area contributed by atoms with E-state index in [0.717, 1.165) is 49.3 Å². The van der Waals surface area contributed by atoms with Crippen LogP contribution in [0.2, 0.25) is 0 Å². The lowest BCUT2D eigenvalue weighted by Crippen LogP contribution is -2.46. The van der Waals surface area contributed by atoms with Crippen molar-refractivity contribution >= 4 is 0 Å². The van der Waals surface area contributed by atoms with E-state index in [2.05, 4.69) is 16.4 Å². The fraction of sp³-hybridized carbons (Fsp3) is 0.500. The number of rotatable bonds is 9. The number of ether oxygens (including phenoxy) is 2. The number of alkyl halides is 3. The van der Waals surface area contributed by atoms with Gasteiger partial charge in [0.25, 0.3) is 0 Å². The third-order valence-corrected chi connectivity index (χ3v) is 5.65. The van der Waals surface area contributed by atoms with E-state index >= 15 is 0 Å². The van der Waals surface area contributed by atoms with Gasteiger partial charge in [0.2, 0.25) is 0 Å². The molecule has 0 spiro atoms. The van der Waals surface area contributed by atoms with E-state index in [9.17, 15) is 13.2 Å². The second kappa shape index (κ2) is 8.71. The largest absolute Gasteiger partial charge is 0.490 e. The zero-order valence-electron chi connectivity index (χ0n) is 16.1. The van der Waals surface area contributed by atoms with Crippen LogP contribution in [0.5, 0.6) is 5.75 Å². The molecular formula is C22H25F3N2O2. The second-order valence-corrected chi connectivity index (χ2v) is 7.84. The van der Waals surface area contributed by atoms with Crippen LogP contribution in [0.3, 0.4) is 0 Å². The van der Waals surface area contributed by atoms with Crippen molar-refractivity contribution in [2.75, 3.05) is 19.8 Å². The summed E-state index contributed by atoms with van der Waals surface area (Å²) in [7, 11) is 0. The van der Waals surface area contributed by atoms with Crippen molar-refractivity contribution in [1.82, 2.24) is 10.3 Å². The van der Waals surface area contributed by atoms with Gasteiger partial charge in [-0.05, 0) is 67.0 Å². The fourth-order valence-corrected chi connectivity index (χ4v) is 3.59. The van der Waals surface area contributed by atoms with E-state index < -0.39 is 11.7 Å². The maximum Gasteiger partial charge on any atom is 0.416 e. The number of halogens is 3. The maximum absolute atomic E-state index is 12.6. The van der Waals surface area contributed by atoms with Crippen LogP contribution in [0.15, 0.2) is 42.7 Å². The van der Waals surface area contributed by atoms with Crippen molar-refractivity contribution < 1.29 is 22.6 Å². The average molecular weight is 406 g/mol. The molecule has 7 heteroatoms. The predicted octanol–water partition coefficient (Wildman–Crippen LogP) is 4.55. The number of hydrogen-bond donors (Lipinski definition) is 1. The Kier molecular flexibility index (Phi) is 6.06. The summed E-state index contributed by atoms with van der Waals surface area (Å²) in [5.41, 5.74) is 1.32. The maximum atomic E-state index is 12.6. The zero-order valence-corrected chi connectivity index (χ0v) is 16.1. The van der Waals surface area contributed by atoms with Crippen molar-refractivity contribution in [3.8, 4) is 5.75 Å². The van der Waals surface area contributed by atoms with Gasteiger partial charge in [-0.25, -0.2) is 0 Å². The molecular weight excluding hydrogens is 381 g/mol. The third kappa shape index (κ3) is 5.48. The van der Waals surface area contributed by atoms with Crippen LogP contribution < -0.4 is 10.1 Å². The zero-order chi connectivity index (χ0) is 20.3. The number of hydrogen-bond acceptors (Lipinski definition) is 4. The van der Waals surface area contributed by atoms with E-state index in [4.69, 9.17) is 9.47 Å². The van der Waals surface area contributed by atoms with Crippen molar-refractivity contribution in [3.63, 3.8) is 0 Å². The van der Waals surface area contributed by atoms with Crippen molar-refractivity contribution in [2.24, 2.45) is 5.92 Å². The SMILES string of the molecule is FC(F)(F)c1ccc(COCC[C@H]2C[C@@H]2c2cncc(OC[C@@H]3CCN3)c2)cc1. The molecule has 2 aliphatic rings. The molecule has 1 N–H and O–H groups in total. The molecule has 1 saturated carbocycles. The number of benzene rings is 1. The Bertz CT molecular complexity index is 806. The van der Waals surface area contributed by atoms with Gasteiger partial charge < -0.3 is 14.8 Å². The van der Waals surface area contributed by atoms with Gasteiger partial charge in [0.05, 0.1) is 18.4 Å². The lowest BCUT2D eigenvalue weighted by Gasteiger charge is -2.27. The molecule has 0 unspecified atom stereocenters. The number of pyridine rings is 1. The van der Waals surface area contributed by atoms with Gasteiger partial charge >= 0.3 is 6.18 Å². The minimum absolute atomic E-state index is 0.329. The van der Waals surface area contributed by atoms with Gasteiger partial charge in [-0.3, -0.25) is 4.98 Å². The molecule has 2 fully saturated rings. The van der Waals surface area contributed by atoms with Crippen LogP contribution in [0.4, 0.5) is 13.2 Å². The van der Waals surface area contributed by atoms with E-state index in [-0.39, 0.29) is 0 Å². The van der Waals surface area contributed by atoms with E-state index in [1.54, 1.807) is 6.20 Å². The van der Waals surface area contributed by atoms with Crippen LogP contribution in [-0.2, 0) is 17.5 Å². The van der Waals surface area contributed by atoms with E-state index in [0.29, 0.717) is 37.7 Å². The van der Waals surface area contributed by atoms with Crippen molar-refractivity contribution in [3.05, 3.63) is 59.4 Å². The molecule has 0 bridgehead atoms. The monoisotopic (exact) mass is 406 g/mol. The average Bonchev–Trinajstić information content (AvgIpc) is 3.44. The molecule has 1 saturated heterocycles. The highest BCUT2D eigenvalue weighted by atomic mass is 19.4. The minimum Gasteiger partial charge on any atom is -0.490 e. The summed E-state index contributed by atoms with van der Waals surface area (Å²) in [6.07, 6.45) is 2.56. The molecule has 2 aromatic rings. The molecule has 0 amide bonds. The molecule has 0 radical (unpaired) electrons. The Morgan fingerprint density at radius 1 is 1.14 bits per heavy atom. The van der Waals surface area contributed by atoms with Gasteiger partial charge in [-0.2, -0.15) is 13.2 Å². The van der Waals surface area contributed by atoms with E-state index in [1.807, 2.05) is 6.20 Å². The van der Waals surface area contributed by atoms with Crippen LogP contribution in [0.25, 0.3) is 0 Å². The van der Waals surface area contributed by atoms with Crippen LogP contribution in [0.1, 0.15) is 41.9 Å².